The highest BCUT2D eigenvalue weighted by Crippen LogP contribution is 2.28. The van der Waals surface area contributed by atoms with E-state index in [9.17, 15) is 13.2 Å². The molecule has 9 heteroatoms. The van der Waals surface area contributed by atoms with Gasteiger partial charge in [0.15, 0.2) is 0 Å². The molecule has 0 atom stereocenters. The van der Waals surface area contributed by atoms with E-state index in [0.717, 1.165) is 5.56 Å². The number of amides is 1. The molecule has 0 aliphatic carbocycles. The molecule has 1 saturated heterocycles. The lowest BCUT2D eigenvalue weighted by Crippen LogP contribution is -2.41. The van der Waals surface area contributed by atoms with E-state index in [0.29, 0.717) is 43.1 Å². The van der Waals surface area contributed by atoms with Crippen LogP contribution < -0.4 is 5.32 Å². The number of sulfonamides is 1. The molecule has 2 aromatic carbocycles. The second-order valence-corrected chi connectivity index (χ2v) is 11.2. The van der Waals surface area contributed by atoms with Crippen molar-refractivity contribution in [2.24, 2.45) is 5.92 Å². The van der Waals surface area contributed by atoms with E-state index in [4.69, 9.17) is 4.42 Å². The standard InChI is InChI=1S/C24H28N4O4S/c1-24(2,3)19-7-9-21(10-8-19)33(30,31)28-13-11-17(12-14-28)22(29)26-20-6-4-5-18(15-20)23-27-25-16-32-23/h4-10,15-17H,11-14H2,1-3H3,(H,26,29). The van der Waals surface area contributed by atoms with E-state index in [-0.39, 0.29) is 22.1 Å². The topological polar surface area (TPSA) is 105 Å². The maximum Gasteiger partial charge on any atom is 0.247 e. The highest BCUT2D eigenvalue weighted by molar-refractivity contribution is 7.89. The van der Waals surface area contributed by atoms with Crippen molar-refractivity contribution in [3.63, 3.8) is 0 Å². The summed E-state index contributed by atoms with van der Waals surface area (Å²) in [5, 5.41) is 10.5. The Morgan fingerprint density at radius 1 is 1.09 bits per heavy atom. The lowest BCUT2D eigenvalue weighted by molar-refractivity contribution is -0.120. The summed E-state index contributed by atoms with van der Waals surface area (Å²) in [6.07, 6.45) is 2.18. The van der Waals surface area contributed by atoms with Crippen LogP contribution in [0.25, 0.3) is 11.5 Å². The fourth-order valence-corrected chi connectivity index (χ4v) is 5.38. The van der Waals surface area contributed by atoms with Gasteiger partial charge in [-0.15, -0.1) is 10.2 Å². The number of hydrogen-bond acceptors (Lipinski definition) is 6. The Hall–Kier alpha value is -3.04. The average molecular weight is 469 g/mol. The van der Waals surface area contributed by atoms with Crippen molar-refractivity contribution in [1.29, 1.82) is 0 Å². The summed E-state index contributed by atoms with van der Waals surface area (Å²) >= 11 is 0. The Labute approximate surface area is 194 Å². The Kier molecular flexibility index (Phi) is 6.36. The van der Waals surface area contributed by atoms with Crippen LogP contribution in [-0.4, -0.2) is 41.9 Å². The van der Waals surface area contributed by atoms with Crippen LogP contribution in [0.5, 0.6) is 0 Å². The predicted molar refractivity (Wildman–Crippen MR) is 125 cm³/mol. The Balaban J connectivity index is 1.37. The van der Waals surface area contributed by atoms with E-state index < -0.39 is 10.0 Å². The van der Waals surface area contributed by atoms with Gasteiger partial charge < -0.3 is 9.73 Å². The molecule has 8 nitrogen and oxygen atoms in total. The van der Waals surface area contributed by atoms with Crippen molar-refractivity contribution < 1.29 is 17.6 Å². The second-order valence-electron chi connectivity index (χ2n) is 9.27. The Bertz CT molecular complexity index is 1210. The summed E-state index contributed by atoms with van der Waals surface area (Å²) in [5.74, 6) is -0.00354. The first kappa shape index (κ1) is 23.1. The molecule has 0 saturated carbocycles. The molecule has 33 heavy (non-hydrogen) atoms. The average Bonchev–Trinajstić information content (AvgIpc) is 3.34. The monoisotopic (exact) mass is 468 g/mol. The maximum absolute atomic E-state index is 13.1. The van der Waals surface area contributed by atoms with Gasteiger partial charge in [0.2, 0.25) is 28.2 Å². The molecule has 4 rings (SSSR count). The Morgan fingerprint density at radius 3 is 2.39 bits per heavy atom. The third-order valence-electron chi connectivity index (χ3n) is 5.92. The molecule has 0 bridgehead atoms. The lowest BCUT2D eigenvalue weighted by atomic mass is 9.87. The number of nitrogens with one attached hydrogen (secondary N) is 1. The summed E-state index contributed by atoms with van der Waals surface area (Å²) in [4.78, 5) is 13.1. The van der Waals surface area contributed by atoms with Gasteiger partial charge in [-0.1, -0.05) is 39.0 Å². The van der Waals surface area contributed by atoms with Gasteiger partial charge in [-0.05, 0) is 54.2 Å². The van der Waals surface area contributed by atoms with Crippen LogP contribution in [0.15, 0.2) is 64.2 Å². The normalized spacial score (nSPS) is 16.0. The number of nitrogens with zero attached hydrogens (tertiary/aromatic N) is 3. The lowest BCUT2D eigenvalue weighted by Gasteiger charge is -2.30. The van der Waals surface area contributed by atoms with E-state index in [1.54, 1.807) is 30.3 Å². The zero-order valence-corrected chi connectivity index (χ0v) is 19.8. The SMILES string of the molecule is CC(C)(C)c1ccc(S(=O)(=O)N2CCC(C(=O)Nc3cccc(-c4nnco4)c3)CC2)cc1. The molecular weight excluding hydrogens is 440 g/mol. The van der Waals surface area contributed by atoms with E-state index in [1.165, 1.54) is 10.7 Å². The molecular formula is C24H28N4O4S. The van der Waals surface area contributed by atoms with Crippen LogP contribution in [0.3, 0.4) is 0 Å². The fraction of sp³-hybridized carbons (Fsp3) is 0.375. The molecule has 0 unspecified atom stereocenters. The summed E-state index contributed by atoms with van der Waals surface area (Å²) in [6, 6.07) is 14.3. The summed E-state index contributed by atoms with van der Waals surface area (Å²) in [7, 11) is -3.58. The number of piperidine rings is 1. The number of anilines is 1. The van der Waals surface area contributed by atoms with Crippen LogP contribution in [0.4, 0.5) is 5.69 Å². The molecule has 2 heterocycles. The van der Waals surface area contributed by atoms with Gasteiger partial charge in [0.25, 0.3) is 0 Å². The molecule has 1 aliphatic rings. The predicted octanol–water partition coefficient (Wildman–Crippen LogP) is 4.07. The van der Waals surface area contributed by atoms with Crippen molar-refractivity contribution in [3.8, 4) is 11.5 Å². The molecule has 0 radical (unpaired) electrons. The Morgan fingerprint density at radius 2 is 1.79 bits per heavy atom. The van der Waals surface area contributed by atoms with Crippen molar-refractivity contribution in [2.45, 2.75) is 43.9 Å². The largest absolute Gasteiger partial charge is 0.423 e. The van der Waals surface area contributed by atoms with Crippen LogP contribution >= 0.6 is 0 Å². The quantitative estimate of drug-likeness (QED) is 0.605. The maximum atomic E-state index is 13.1. The second kappa shape index (κ2) is 9.07. The number of carbonyl (C=O) groups is 1. The molecule has 1 fully saturated rings. The van der Waals surface area contributed by atoms with E-state index in [2.05, 4.69) is 36.3 Å². The van der Waals surface area contributed by atoms with Crippen LogP contribution in [0, 0.1) is 5.92 Å². The first-order chi connectivity index (χ1) is 15.6. The highest BCUT2D eigenvalue weighted by Gasteiger charge is 2.32. The molecule has 1 N–H and O–H groups in total. The zero-order chi connectivity index (χ0) is 23.6. The number of rotatable bonds is 5. The minimum Gasteiger partial charge on any atom is -0.423 e. The minimum atomic E-state index is -3.58. The van der Waals surface area contributed by atoms with Crippen LogP contribution in [0.2, 0.25) is 0 Å². The van der Waals surface area contributed by atoms with Gasteiger partial charge in [0.1, 0.15) is 0 Å². The molecule has 1 aromatic heterocycles. The summed E-state index contributed by atoms with van der Waals surface area (Å²) in [5.41, 5.74) is 2.38. The number of aromatic nitrogens is 2. The van der Waals surface area contributed by atoms with Gasteiger partial charge in [-0.2, -0.15) is 4.31 Å². The van der Waals surface area contributed by atoms with Gasteiger partial charge in [-0.3, -0.25) is 4.79 Å². The van der Waals surface area contributed by atoms with Gasteiger partial charge >= 0.3 is 0 Å². The van der Waals surface area contributed by atoms with Gasteiger partial charge in [0.05, 0.1) is 4.90 Å². The molecule has 3 aromatic rings. The van der Waals surface area contributed by atoms with Crippen molar-refractivity contribution in [3.05, 3.63) is 60.5 Å². The highest BCUT2D eigenvalue weighted by atomic mass is 32.2. The van der Waals surface area contributed by atoms with Gasteiger partial charge in [0, 0.05) is 30.3 Å². The van der Waals surface area contributed by atoms with Crippen LogP contribution in [0.1, 0.15) is 39.2 Å². The summed E-state index contributed by atoms with van der Waals surface area (Å²) < 4.78 is 32.8. The first-order valence-electron chi connectivity index (χ1n) is 10.9. The smallest absolute Gasteiger partial charge is 0.247 e. The van der Waals surface area contributed by atoms with Crippen molar-refractivity contribution in [1.82, 2.24) is 14.5 Å². The third kappa shape index (κ3) is 5.15. The number of hydrogen-bond donors (Lipinski definition) is 1. The third-order valence-corrected chi connectivity index (χ3v) is 7.83. The molecule has 1 amide bonds. The minimum absolute atomic E-state index is 0.0428. The first-order valence-corrected chi connectivity index (χ1v) is 12.4. The van der Waals surface area contributed by atoms with E-state index in [1.807, 2.05) is 18.2 Å². The number of carbonyl (C=O) groups excluding carboxylic acids is 1. The molecule has 1 aliphatic heterocycles. The fourth-order valence-electron chi connectivity index (χ4n) is 3.91. The molecule has 174 valence electrons. The number of benzene rings is 2. The van der Waals surface area contributed by atoms with Crippen molar-refractivity contribution >= 4 is 21.6 Å². The van der Waals surface area contributed by atoms with Crippen molar-refractivity contribution in [2.75, 3.05) is 18.4 Å². The zero-order valence-electron chi connectivity index (χ0n) is 19.0. The van der Waals surface area contributed by atoms with Gasteiger partial charge in [-0.25, -0.2) is 8.42 Å². The van der Waals surface area contributed by atoms with E-state index >= 15 is 0 Å². The molecule has 0 spiro atoms. The summed E-state index contributed by atoms with van der Waals surface area (Å²) in [6.45, 7) is 6.89. The van der Waals surface area contributed by atoms with Crippen LogP contribution in [-0.2, 0) is 20.2 Å².